The Bertz CT molecular complexity index is 287. The molecule has 0 unspecified atom stereocenters. The lowest BCUT2D eigenvalue weighted by molar-refractivity contribution is -0.140. The number of carboxylic acids is 1. The summed E-state index contributed by atoms with van der Waals surface area (Å²) in [5.41, 5.74) is 0. The predicted octanol–water partition coefficient (Wildman–Crippen LogP) is 0.534. The fraction of sp³-hybridized carbons (Fsp3) is 0.800. The molecule has 17 heavy (non-hydrogen) atoms. The lowest BCUT2D eigenvalue weighted by atomic mass is 10.3. The first-order valence-corrected chi connectivity index (χ1v) is 6.63. The van der Waals surface area contributed by atoms with Gasteiger partial charge < -0.3 is 19.6 Å². The number of ether oxygens (including phenoxy) is 1. The first-order chi connectivity index (χ1) is 8.07. The number of thioether (sulfide) groups is 1. The highest BCUT2D eigenvalue weighted by molar-refractivity contribution is 7.99. The van der Waals surface area contributed by atoms with Crippen LogP contribution in [-0.4, -0.2) is 71.4 Å². The van der Waals surface area contributed by atoms with Crippen LogP contribution in [0.4, 0.5) is 4.79 Å². The van der Waals surface area contributed by atoms with Gasteiger partial charge in [0.15, 0.2) is 0 Å². The van der Waals surface area contributed by atoms with Crippen LogP contribution < -0.4 is 0 Å². The summed E-state index contributed by atoms with van der Waals surface area (Å²) in [5, 5.41) is 8.98. The monoisotopic (exact) mass is 262 g/mol. The molecule has 98 valence electrons. The Morgan fingerprint density at radius 2 is 2.29 bits per heavy atom. The molecule has 1 heterocycles. The fourth-order valence-electron chi connectivity index (χ4n) is 1.50. The van der Waals surface area contributed by atoms with Crippen LogP contribution in [0.3, 0.4) is 0 Å². The van der Waals surface area contributed by atoms with Crippen LogP contribution in [0.5, 0.6) is 0 Å². The van der Waals surface area contributed by atoms with Gasteiger partial charge in [0.05, 0.1) is 12.5 Å². The van der Waals surface area contributed by atoms with Gasteiger partial charge in [-0.25, -0.2) is 9.59 Å². The number of aliphatic carboxylic acids is 1. The van der Waals surface area contributed by atoms with E-state index in [0.717, 1.165) is 0 Å². The summed E-state index contributed by atoms with van der Waals surface area (Å²) < 4.78 is 5.16. The van der Waals surface area contributed by atoms with Crippen molar-refractivity contribution >= 4 is 23.8 Å². The molecule has 0 aliphatic carbocycles. The first-order valence-electron chi connectivity index (χ1n) is 5.48. The molecular formula is C10H18N2O4S. The molecular weight excluding hydrogens is 244 g/mol. The van der Waals surface area contributed by atoms with Crippen LogP contribution >= 0.6 is 11.8 Å². The molecule has 0 aromatic rings. The Morgan fingerprint density at radius 3 is 2.88 bits per heavy atom. The van der Waals surface area contributed by atoms with Crippen molar-refractivity contribution < 1.29 is 19.4 Å². The van der Waals surface area contributed by atoms with Crippen molar-refractivity contribution in [2.45, 2.75) is 13.0 Å². The topological polar surface area (TPSA) is 70.1 Å². The molecule has 0 bridgehead atoms. The number of amides is 2. The third-order valence-electron chi connectivity index (χ3n) is 2.51. The Labute approximate surface area is 105 Å². The fourth-order valence-corrected chi connectivity index (χ4v) is 2.63. The minimum Gasteiger partial charge on any atom is -0.480 e. The Kier molecular flexibility index (Phi) is 5.57. The number of urea groups is 1. The predicted molar refractivity (Wildman–Crippen MR) is 65.1 cm³/mol. The zero-order chi connectivity index (χ0) is 12.8. The zero-order valence-electron chi connectivity index (χ0n) is 10.1. The molecule has 1 aliphatic rings. The number of carbonyl (C=O) groups is 2. The minimum atomic E-state index is -0.943. The van der Waals surface area contributed by atoms with Crippen molar-refractivity contribution in [2.24, 2.45) is 0 Å². The van der Waals surface area contributed by atoms with Crippen LogP contribution in [0, 0.1) is 0 Å². The second kappa shape index (κ2) is 6.70. The van der Waals surface area contributed by atoms with Gasteiger partial charge in [-0.15, -0.1) is 11.8 Å². The van der Waals surface area contributed by atoms with Crippen molar-refractivity contribution in [3.8, 4) is 0 Å². The van der Waals surface area contributed by atoms with Crippen molar-refractivity contribution in [2.75, 3.05) is 38.4 Å². The molecule has 7 heteroatoms. The molecule has 0 spiro atoms. The summed E-state index contributed by atoms with van der Waals surface area (Å²) in [5.74, 6) is -0.0450. The number of carbonyl (C=O) groups excluding carboxylic acids is 1. The second-order valence-corrected chi connectivity index (χ2v) is 4.72. The number of hydrogen-bond donors (Lipinski definition) is 1. The van der Waals surface area contributed by atoms with Crippen LogP contribution in [0.15, 0.2) is 0 Å². The molecule has 1 rings (SSSR count). The summed E-state index contributed by atoms with van der Waals surface area (Å²) in [7, 11) is 1.66. The summed E-state index contributed by atoms with van der Waals surface area (Å²) in [4.78, 5) is 25.8. The van der Waals surface area contributed by atoms with Gasteiger partial charge in [0.1, 0.15) is 6.04 Å². The van der Waals surface area contributed by atoms with Gasteiger partial charge in [0.25, 0.3) is 0 Å². The molecule has 6 nitrogen and oxygen atoms in total. The van der Waals surface area contributed by atoms with E-state index in [4.69, 9.17) is 9.84 Å². The van der Waals surface area contributed by atoms with Crippen molar-refractivity contribution in [1.29, 1.82) is 0 Å². The quantitative estimate of drug-likeness (QED) is 0.732. The Balaban J connectivity index is 2.47. The van der Waals surface area contributed by atoms with E-state index in [1.54, 1.807) is 7.05 Å². The van der Waals surface area contributed by atoms with Crippen LogP contribution in [0.1, 0.15) is 6.92 Å². The lowest BCUT2D eigenvalue weighted by Crippen LogP contribution is -2.48. The van der Waals surface area contributed by atoms with Gasteiger partial charge in [-0.2, -0.15) is 0 Å². The van der Waals surface area contributed by atoms with Crippen molar-refractivity contribution in [3.63, 3.8) is 0 Å². The third kappa shape index (κ3) is 3.78. The van der Waals surface area contributed by atoms with Crippen LogP contribution in [0.25, 0.3) is 0 Å². The van der Waals surface area contributed by atoms with Gasteiger partial charge in [0, 0.05) is 26.0 Å². The van der Waals surface area contributed by atoms with E-state index in [9.17, 15) is 9.59 Å². The maximum Gasteiger partial charge on any atom is 0.327 e. The van der Waals surface area contributed by atoms with Gasteiger partial charge in [-0.3, -0.25) is 0 Å². The first kappa shape index (κ1) is 14.1. The Morgan fingerprint density at radius 1 is 1.59 bits per heavy atom. The van der Waals surface area contributed by atoms with Gasteiger partial charge in [0.2, 0.25) is 0 Å². The van der Waals surface area contributed by atoms with Crippen molar-refractivity contribution in [1.82, 2.24) is 9.80 Å². The van der Waals surface area contributed by atoms with E-state index in [0.29, 0.717) is 31.4 Å². The van der Waals surface area contributed by atoms with E-state index >= 15 is 0 Å². The highest BCUT2D eigenvalue weighted by atomic mass is 32.2. The normalized spacial score (nSPS) is 19.4. The minimum absolute atomic E-state index is 0.248. The summed E-state index contributed by atoms with van der Waals surface area (Å²) >= 11 is 1.46. The number of carboxylic acid groups (broad SMARTS) is 1. The molecule has 1 N–H and O–H groups in total. The van der Waals surface area contributed by atoms with Gasteiger partial charge >= 0.3 is 12.0 Å². The Hall–Kier alpha value is -0.950. The summed E-state index contributed by atoms with van der Waals surface area (Å²) in [6.07, 6.45) is 0. The average Bonchev–Trinajstić information content (AvgIpc) is 2.77. The smallest absolute Gasteiger partial charge is 0.327 e. The van der Waals surface area contributed by atoms with Crippen LogP contribution in [-0.2, 0) is 9.53 Å². The lowest BCUT2D eigenvalue weighted by Gasteiger charge is -2.26. The number of likely N-dealkylation sites (N-methyl/N-ethyl adjacent to an activating group) is 1. The van der Waals surface area contributed by atoms with E-state index in [1.807, 2.05) is 6.92 Å². The molecule has 1 saturated heterocycles. The molecule has 2 amide bonds. The highest BCUT2D eigenvalue weighted by Crippen LogP contribution is 2.22. The molecule has 1 aliphatic heterocycles. The second-order valence-electron chi connectivity index (χ2n) is 3.72. The summed E-state index contributed by atoms with van der Waals surface area (Å²) in [6.45, 7) is 3.44. The molecule has 1 fully saturated rings. The maximum atomic E-state index is 12.0. The maximum absolute atomic E-state index is 12.0. The molecule has 0 aromatic carbocycles. The van der Waals surface area contributed by atoms with E-state index in [1.165, 1.54) is 21.6 Å². The zero-order valence-corrected chi connectivity index (χ0v) is 10.9. The van der Waals surface area contributed by atoms with E-state index in [2.05, 4.69) is 0 Å². The molecule has 0 aromatic heterocycles. The third-order valence-corrected chi connectivity index (χ3v) is 3.53. The highest BCUT2D eigenvalue weighted by Gasteiger charge is 2.35. The number of nitrogens with zero attached hydrogens (tertiary/aromatic N) is 2. The van der Waals surface area contributed by atoms with Crippen LogP contribution in [0.2, 0.25) is 0 Å². The van der Waals surface area contributed by atoms with E-state index < -0.39 is 12.0 Å². The largest absolute Gasteiger partial charge is 0.480 e. The number of rotatable bonds is 5. The number of hydrogen-bond acceptors (Lipinski definition) is 4. The summed E-state index contributed by atoms with van der Waals surface area (Å²) in [6, 6.07) is -0.954. The molecule has 1 atom stereocenters. The van der Waals surface area contributed by atoms with Gasteiger partial charge in [-0.1, -0.05) is 0 Å². The van der Waals surface area contributed by atoms with E-state index in [-0.39, 0.29) is 6.03 Å². The average molecular weight is 262 g/mol. The molecule has 0 radical (unpaired) electrons. The van der Waals surface area contributed by atoms with Gasteiger partial charge in [-0.05, 0) is 6.92 Å². The SMILES string of the molecule is CCOCCN(C)C(=O)N1CSC[C@H]1C(=O)O. The molecule has 0 saturated carbocycles. The van der Waals surface area contributed by atoms with Crippen molar-refractivity contribution in [3.05, 3.63) is 0 Å². The standard InChI is InChI=1S/C10H18N2O4S/c1-3-16-5-4-11(2)10(15)12-7-17-6-8(12)9(13)14/h8H,3-7H2,1-2H3,(H,13,14)/t8-/m0/s1.